The van der Waals surface area contributed by atoms with Gasteiger partial charge >= 0.3 is 0 Å². The van der Waals surface area contributed by atoms with Crippen LogP contribution in [0.15, 0.2) is 35.4 Å². The molecular formula is C23H34O8. The molecule has 6 N–H and O–H groups in total. The first-order valence-electron chi connectivity index (χ1n) is 10.4. The Morgan fingerprint density at radius 1 is 1.03 bits per heavy atom. The SMILES string of the molecule is C/C(=C\CC/C(C)=C/Cc1cc(O)c(C)cc1OC1OC(CO)C(O)C(O)C1O)CO. The highest BCUT2D eigenvalue weighted by molar-refractivity contribution is 5.46. The van der Waals surface area contributed by atoms with Crippen molar-refractivity contribution >= 4 is 0 Å². The standard InChI is InChI=1S/C23H34O8/c1-13(5-4-6-14(2)11-24)7-8-16-10-17(26)15(3)9-18(16)30-23-22(29)21(28)20(27)19(12-25)31-23/h6-7,9-10,19-29H,4-5,8,11-12H2,1-3H3/b13-7+,14-6+. The van der Waals surface area contributed by atoms with Crippen LogP contribution in [0.25, 0.3) is 0 Å². The quantitative estimate of drug-likeness (QED) is 0.315. The van der Waals surface area contributed by atoms with Gasteiger partial charge in [-0.3, -0.25) is 0 Å². The summed E-state index contributed by atoms with van der Waals surface area (Å²) in [5, 5.41) is 58.7. The number of benzene rings is 1. The fourth-order valence-corrected chi connectivity index (χ4v) is 3.27. The number of rotatable bonds is 9. The molecule has 0 saturated carbocycles. The van der Waals surface area contributed by atoms with Crippen LogP contribution >= 0.6 is 0 Å². The summed E-state index contributed by atoms with van der Waals surface area (Å²) in [6, 6.07) is 3.19. The van der Waals surface area contributed by atoms with Crippen LogP contribution in [0.5, 0.6) is 11.5 Å². The molecule has 5 atom stereocenters. The van der Waals surface area contributed by atoms with E-state index >= 15 is 0 Å². The highest BCUT2D eigenvalue weighted by Gasteiger charge is 2.44. The first-order chi connectivity index (χ1) is 14.7. The molecule has 2 rings (SSSR count). The molecule has 8 nitrogen and oxygen atoms in total. The number of aliphatic hydroxyl groups is 5. The first kappa shape index (κ1) is 25.3. The van der Waals surface area contributed by atoms with Crippen molar-refractivity contribution in [3.63, 3.8) is 0 Å². The van der Waals surface area contributed by atoms with E-state index in [-0.39, 0.29) is 12.4 Å². The Labute approximate surface area is 182 Å². The Hall–Kier alpha value is -1.94. The molecule has 1 heterocycles. The van der Waals surface area contributed by atoms with Crippen LogP contribution in [-0.4, -0.2) is 74.6 Å². The van der Waals surface area contributed by atoms with Gasteiger partial charge in [0.2, 0.25) is 6.29 Å². The minimum Gasteiger partial charge on any atom is -0.508 e. The number of aromatic hydroxyl groups is 1. The van der Waals surface area contributed by atoms with Crippen molar-refractivity contribution in [3.8, 4) is 11.5 Å². The van der Waals surface area contributed by atoms with Crippen molar-refractivity contribution < 1.29 is 40.1 Å². The summed E-state index contributed by atoms with van der Waals surface area (Å²) >= 11 is 0. The third-order valence-electron chi connectivity index (χ3n) is 5.42. The Morgan fingerprint density at radius 2 is 1.74 bits per heavy atom. The van der Waals surface area contributed by atoms with Gasteiger partial charge in [0.05, 0.1) is 13.2 Å². The van der Waals surface area contributed by atoms with Gasteiger partial charge in [-0.1, -0.05) is 23.3 Å². The normalized spacial score (nSPS) is 27.4. The van der Waals surface area contributed by atoms with E-state index in [0.29, 0.717) is 23.3 Å². The van der Waals surface area contributed by atoms with Gasteiger partial charge in [0.15, 0.2) is 0 Å². The van der Waals surface area contributed by atoms with E-state index in [0.717, 1.165) is 24.0 Å². The predicted molar refractivity (Wildman–Crippen MR) is 115 cm³/mol. The molecule has 1 aliphatic rings. The number of ether oxygens (including phenoxy) is 2. The zero-order valence-electron chi connectivity index (χ0n) is 18.2. The number of aliphatic hydroxyl groups excluding tert-OH is 5. The predicted octanol–water partition coefficient (Wildman–Crippen LogP) is 1.09. The second-order valence-electron chi connectivity index (χ2n) is 8.06. The Balaban J connectivity index is 2.17. The van der Waals surface area contributed by atoms with Gasteiger partial charge < -0.3 is 40.1 Å². The minimum absolute atomic E-state index is 0.0457. The van der Waals surface area contributed by atoms with Crippen LogP contribution < -0.4 is 4.74 Å². The molecule has 1 fully saturated rings. The molecule has 5 unspecified atom stereocenters. The molecule has 1 aliphatic heterocycles. The average molecular weight is 439 g/mol. The Morgan fingerprint density at radius 3 is 2.39 bits per heavy atom. The van der Waals surface area contributed by atoms with E-state index in [9.17, 15) is 25.5 Å². The van der Waals surface area contributed by atoms with Gasteiger partial charge in [-0.15, -0.1) is 0 Å². The lowest BCUT2D eigenvalue weighted by molar-refractivity contribution is -0.277. The van der Waals surface area contributed by atoms with Crippen LogP contribution in [0, 0.1) is 6.92 Å². The van der Waals surface area contributed by atoms with E-state index in [2.05, 4.69) is 0 Å². The van der Waals surface area contributed by atoms with Crippen molar-refractivity contribution in [2.45, 2.75) is 70.7 Å². The lowest BCUT2D eigenvalue weighted by Crippen LogP contribution is -2.60. The van der Waals surface area contributed by atoms with Crippen LogP contribution in [-0.2, 0) is 11.2 Å². The van der Waals surface area contributed by atoms with E-state index in [1.165, 1.54) is 0 Å². The van der Waals surface area contributed by atoms with Crippen molar-refractivity contribution in [3.05, 3.63) is 46.6 Å². The van der Waals surface area contributed by atoms with Crippen LogP contribution in [0.2, 0.25) is 0 Å². The molecule has 1 saturated heterocycles. The van der Waals surface area contributed by atoms with E-state index in [1.54, 1.807) is 19.1 Å². The lowest BCUT2D eigenvalue weighted by atomic mass is 9.99. The van der Waals surface area contributed by atoms with Gasteiger partial charge in [-0.25, -0.2) is 0 Å². The molecular weight excluding hydrogens is 404 g/mol. The zero-order valence-corrected chi connectivity index (χ0v) is 18.2. The summed E-state index contributed by atoms with van der Waals surface area (Å²) in [4.78, 5) is 0. The topological polar surface area (TPSA) is 140 Å². The van der Waals surface area contributed by atoms with Gasteiger partial charge in [0, 0.05) is 5.56 Å². The van der Waals surface area contributed by atoms with Crippen LogP contribution in [0.3, 0.4) is 0 Å². The lowest BCUT2D eigenvalue weighted by Gasteiger charge is -2.39. The third kappa shape index (κ3) is 6.77. The van der Waals surface area contributed by atoms with E-state index in [1.807, 2.05) is 26.0 Å². The monoisotopic (exact) mass is 438 g/mol. The minimum atomic E-state index is -1.53. The summed E-state index contributed by atoms with van der Waals surface area (Å²) < 4.78 is 11.2. The van der Waals surface area contributed by atoms with E-state index < -0.39 is 37.3 Å². The van der Waals surface area contributed by atoms with Crippen molar-refractivity contribution in [2.24, 2.45) is 0 Å². The smallest absolute Gasteiger partial charge is 0.229 e. The summed E-state index contributed by atoms with van der Waals surface area (Å²) in [6.45, 7) is 5.07. The number of phenols is 1. The highest BCUT2D eigenvalue weighted by atomic mass is 16.7. The molecule has 0 amide bonds. The summed E-state index contributed by atoms with van der Waals surface area (Å²) in [6.07, 6.45) is -0.800. The van der Waals surface area contributed by atoms with Crippen LogP contribution in [0.1, 0.15) is 37.8 Å². The largest absolute Gasteiger partial charge is 0.508 e. The van der Waals surface area contributed by atoms with Gasteiger partial charge in [0.25, 0.3) is 0 Å². The van der Waals surface area contributed by atoms with Gasteiger partial charge in [-0.2, -0.15) is 0 Å². The molecule has 0 radical (unpaired) electrons. The number of hydrogen-bond acceptors (Lipinski definition) is 8. The van der Waals surface area contributed by atoms with Crippen molar-refractivity contribution in [1.29, 1.82) is 0 Å². The zero-order chi connectivity index (χ0) is 23.1. The summed E-state index contributed by atoms with van der Waals surface area (Å²) in [5.41, 5.74) is 3.27. The van der Waals surface area contributed by atoms with Crippen molar-refractivity contribution in [2.75, 3.05) is 13.2 Å². The molecule has 0 spiro atoms. The second kappa shape index (κ2) is 11.6. The fourth-order valence-electron chi connectivity index (χ4n) is 3.27. The number of phenolic OH excluding ortho intramolecular Hbond substituents is 1. The molecule has 0 aliphatic carbocycles. The maximum absolute atomic E-state index is 10.3. The van der Waals surface area contributed by atoms with Gasteiger partial charge in [-0.05, 0) is 57.7 Å². The Kier molecular flexibility index (Phi) is 9.49. The number of hydrogen-bond donors (Lipinski definition) is 6. The number of allylic oxidation sites excluding steroid dienone is 3. The molecule has 0 bridgehead atoms. The average Bonchev–Trinajstić information content (AvgIpc) is 2.75. The summed E-state index contributed by atoms with van der Waals surface area (Å²) in [5.74, 6) is 0.461. The number of aryl methyl sites for hydroxylation is 1. The first-order valence-corrected chi connectivity index (χ1v) is 10.4. The second-order valence-corrected chi connectivity index (χ2v) is 8.06. The summed E-state index contributed by atoms with van der Waals surface area (Å²) in [7, 11) is 0. The fraction of sp³-hybridized carbons (Fsp3) is 0.565. The highest BCUT2D eigenvalue weighted by Crippen LogP contribution is 2.32. The molecule has 0 aromatic heterocycles. The maximum atomic E-state index is 10.3. The van der Waals surface area contributed by atoms with E-state index in [4.69, 9.17) is 14.6 Å². The molecule has 8 heteroatoms. The van der Waals surface area contributed by atoms with Gasteiger partial charge in [0.1, 0.15) is 35.9 Å². The molecule has 1 aromatic rings. The molecule has 31 heavy (non-hydrogen) atoms. The van der Waals surface area contributed by atoms with Crippen LogP contribution in [0.4, 0.5) is 0 Å². The third-order valence-corrected chi connectivity index (χ3v) is 5.42. The van der Waals surface area contributed by atoms with Crippen molar-refractivity contribution in [1.82, 2.24) is 0 Å². The molecule has 1 aromatic carbocycles. The molecule has 174 valence electrons. The Bertz CT molecular complexity index is 786. The maximum Gasteiger partial charge on any atom is 0.229 e.